The van der Waals surface area contributed by atoms with Gasteiger partial charge in [0.05, 0.1) is 6.61 Å². The Bertz CT molecular complexity index is 79.7. The number of hydrogen-bond donors (Lipinski definition) is 2. The summed E-state index contributed by atoms with van der Waals surface area (Å²) in [5, 5.41) is 16.7. The molecule has 0 aromatic carbocycles. The molecule has 1 unspecified atom stereocenters. The Morgan fingerprint density at radius 1 is 1.75 bits per heavy atom. The zero-order chi connectivity index (χ0) is 6.57. The van der Waals surface area contributed by atoms with Gasteiger partial charge in [-0.05, 0) is 0 Å². The molecule has 2 N–H and O–H groups in total. The lowest BCUT2D eigenvalue weighted by Crippen LogP contribution is -2.22. The van der Waals surface area contributed by atoms with Gasteiger partial charge in [-0.25, -0.2) is 0 Å². The van der Waals surface area contributed by atoms with Crippen LogP contribution in [-0.2, 0) is 4.79 Å². The van der Waals surface area contributed by atoms with E-state index in [4.69, 9.17) is 10.2 Å². The predicted octanol–water partition coefficient (Wildman–Crippen LogP) is -0.681. The van der Waals surface area contributed by atoms with Gasteiger partial charge in [0.25, 0.3) is 0 Å². The van der Waals surface area contributed by atoms with E-state index in [1.807, 2.05) is 0 Å². The van der Waals surface area contributed by atoms with E-state index in [1.165, 1.54) is 0 Å². The molecule has 0 heterocycles. The van der Waals surface area contributed by atoms with Gasteiger partial charge in [-0.15, -0.1) is 0 Å². The third kappa shape index (κ3) is 2.04. The summed E-state index contributed by atoms with van der Waals surface area (Å²) in [4.78, 5) is 10.3. The van der Waals surface area contributed by atoms with Crippen molar-refractivity contribution in [3.05, 3.63) is 0 Å². The topological polar surface area (TPSA) is 57.5 Å². The monoisotopic (exact) mass is 118 g/mol. The van der Waals surface area contributed by atoms with Crippen molar-refractivity contribution in [3.63, 3.8) is 0 Å². The van der Waals surface area contributed by atoms with Crippen LogP contribution < -0.4 is 0 Å². The number of aliphatic hydroxyl groups excluding tert-OH is 2. The van der Waals surface area contributed by atoms with Gasteiger partial charge < -0.3 is 10.2 Å². The normalized spacial score (nSPS) is 13.4. The summed E-state index contributed by atoms with van der Waals surface area (Å²) < 4.78 is 0. The number of rotatable bonds is 3. The smallest absolute Gasteiger partial charge is 0.163 e. The second-order valence-corrected chi connectivity index (χ2v) is 1.52. The van der Waals surface area contributed by atoms with Gasteiger partial charge in [0.15, 0.2) is 5.78 Å². The lowest BCUT2D eigenvalue weighted by molar-refractivity contribution is -0.128. The van der Waals surface area contributed by atoms with Crippen molar-refractivity contribution in [3.8, 4) is 0 Å². The van der Waals surface area contributed by atoms with E-state index in [-0.39, 0.29) is 12.2 Å². The molecule has 0 rings (SSSR count). The van der Waals surface area contributed by atoms with Crippen LogP contribution in [0.5, 0.6) is 0 Å². The molecule has 3 heteroatoms. The van der Waals surface area contributed by atoms with Gasteiger partial charge in [0.2, 0.25) is 0 Å². The largest absolute Gasteiger partial charge is 0.393 e. The Balaban J connectivity index is 3.46. The highest BCUT2D eigenvalue weighted by molar-refractivity contribution is 5.82. The Morgan fingerprint density at radius 2 is 2.25 bits per heavy atom. The summed E-state index contributed by atoms with van der Waals surface area (Å²) in [6.07, 6.45) is -0.887. The summed E-state index contributed by atoms with van der Waals surface area (Å²) in [5.41, 5.74) is 0. The van der Waals surface area contributed by atoms with Gasteiger partial charge in [0, 0.05) is 6.42 Å². The van der Waals surface area contributed by atoms with Gasteiger partial charge in [-0.1, -0.05) is 6.92 Å². The molecule has 0 spiro atoms. The number of aliphatic hydroxyl groups is 2. The van der Waals surface area contributed by atoms with E-state index in [1.54, 1.807) is 6.92 Å². The van der Waals surface area contributed by atoms with Crippen molar-refractivity contribution in [2.24, 2.45) is 0 Å². The first-order chi connectivity index (χ1) is 3.72. The summed E-state index contributed by atoms with van der Waals surface area (Å²) in [7, 11) is 0. The molecule has 0 saturated carbocycles. The predicted molar refractivity (Wildman–Crippen MR) is 28.4 cm³/mol. The molecule has 0 radical (unpaired) electrons. The third-order valence-corrected chi connectivity index (χ3v) is 0.893. The maximum atomic E-state index is 10.3. The number of Topliss-reactive ketones (excluding diaryl/α,β-unsaturated/α-hetero) is 1. The molecular weight excluding hydrogens is 108 g/mol. The van der Waals surface area contributed by atoms with Crippen LogP contribution in [0.25, 0.3) is 0 Å². The molecule has 48 valence electrons. The second kappa shape index (κ2) is 3.57. The molecule has 0 aliphatic heterocycles. The summed E-state index contributed by atoms with van der Waals surface area (Å²) in [6.45, 7) is 1.17. The lowest BCUT2D eigenvalue weighted by Gasteiger charge is -2.00. The van der Waals surface area contributed by atoms with Crippen molar-refractivity contribution in [2.45, 2.75) is 19.4 Å². The van der Waals surface area contributed by atoms with E-state index in [0.717, 1.165) is 0 Å². The third-order valence-electron chi connectivity index (χ3n) is 0.893. The number of carbonyl (C=O) groups is 1. The van der Waals surface area contributed by atoms with Gasteiger partial charge in [-0.3, -0.25) is 4.79 Å². The summed E-state index contributed by atoms with van der Waals surface area (Å²) in [5.74, 6) is -0.312. The number of carbonyl (C=O) groups excluding carboxylic acids is 1. The van der Waals surface area contributed by atoms with Crippen molar-refractivity contribution in [2.75, 3.05) is 6.61 Å². The van der Waals surface area contributed by atoms with Crippen LogP contribution in [0.4, 0.5) is 0 Å². The first-order valence-electron chi connectivity index (χ1n) is 2.54. The molecule has 0 aliphatic rings. The molecule has 0 amide bonds. The summed E-state index contributed by atoms with van der Waals surface area (Å²) in [6, 6.07) is 0. The molecule has 0 aromatic rings. The van der Waals surface area contributed by atoms with Gasteiger partial charge in [0.1, 0.15) is 6.10 Å². The highest BCUT2D eigenvalue weighted by Crippen LogP contribution is 1.87. The highest BCUT2D eigenvalue weighted by Gasteiger charge is 2.09. The van der Waals surface area contributed by atoms with E-state index < -0.39 is 12.7 Å². The summed E-state index contributed by atoms with van der Waals surface area (Å²) >= 11 is 0. The number of hydrogen-bond acceptors (Lipinski definition) is 3. The maximum absolute atomic E-state index is 10.3. The Morgan fingerprint density at radius 3 is 2.38 bits per heavy atom. The van der Waals surface area contributed by atoms with Crippen LogP contribution in [0.2, 0.25) is 0 Å². The van der Waals surface area contributed by atoms with E-state index in [0.29, 0.717) is 0 Å². The fourth-order valence-electron chi connectivity index (χ4n) is 0.337. The standard InChI is InChI=1S/C5H10O3/c1-2-4(7)5(8)3-6/h5-6,8H,2-3H2,1H3. The fourth-order valence-corrected chi connectivity index (χ4v) is 0.337. The fraction of sp³-hybridized carbons (Fsp3) is 0.800. The van der Waals surface area contributed by atoms with E-state index >= 15 is 0 Å². The van der Waals surface area contributed by atoms with Crippen molar-refractivity contribution in [1.29, 1.82) is 0 Å². The Kier molecular flexibility index (Phi) is 3.39. The van der Waals surface area contributed by atoms with Crippen molar-refractivity contribution >= 4 is 5.78 Å². The van der Waals surface area contributed by atoms with Crippen molar-refractivity contribution in [1.82, 2.24) is 0 Å². The zero-order valence-electron chi connectivity index (χ0n) is 4.79. The minimum absolute atomic E-state index is 0.279. The first-order valence-corrected chi connectivity index (χ1v) is 2.54. The quantitative estimate of drug-likeness (QED) is 0.516. The van der Waals surface area contributed by atoms with Crippen molar-refractivity contribution < 1.29 is 15.0 Å². The molecule has 0 saturated heterocycles. The molecule has 0 aromatic heterocycles. The molecule has 0 bridgehead atoms. The lowest BCUT2D eigenvalue weighted by atomic mass is 10.2. The van der Waals surface area contributed by atoms with Crippen LogP contribution in [0.15, 0.2) is 0 Å². The zero-order valence-corrected chi connectivity index (χ0v) is 4.79. The molecule has 3 nitrogen and oxygen atoms in total. The molecule has 8 heavy (non-hydrogen) atoms. The van der Waals surface area contributed by atoms with Crippen LogP contribution in [-0.4, -0.2) is 28.7 Å². The van der Waals surface area contributed by atoms with E-state index in [9.17, 15) is 4.79 Å². The molecule has 0 fully saturated rings. The highest BCUT2D eigenvalue weighted by atomic mass is 16.3. The Labute approximate surface area is 47.9 Å². The van der Waals surface area contributed by atoms with Gasteiger partial charge in [-0.2, -0.15) is 0 Å². The van der Waals surface area contributed by atoms with Crippen LogP contribution >= 0.6 is 0 Å². The minimum Gasteiger partial charge on any atom is -0.393 e. The van der Waals surface area contributed by atoms with Crippen LogP contribution in [0.3, 0.4) is 0 Å². The first kappa shape index (κ1) is 7.59. The molecule has 0 aliphatic carbocycles. The van der Waals surface area contributed by atoms with E-state index in [2.05, 4.69) is 0 Å². The SMILES string of the molecule is CCC(=O)C(O)CO. The second-order valence-electron chi connectivity index (χ2n) is 1.52. The average molecular weight is 118 g/mol. The van der Waals surface area contributed by atoms with Crippen LogP contribution in [0.1, 0.15) is 13.3 Å². The molecular formula is C5H10O3. The maximum Gasteiger partial charge on any atom is 0.163 e. The number of ketones is 1. The average Bonchev–Trinajstić information content (AvgIpc) is 1.84. The molecule has 1 atom stereocenters. The minimum atomic E-state index is -1.17. The Hall–Kier alpha value is -0.410. The van der Waals surface area contributed by atoms with Gasteiger partial charge >= 0.3 is 0 Å². The van der Waals surface area contributed by atoms with Crippen LogP contribution in [0, 0.1) is 0 Å².